The number of hydrogen-bond acceptors (Lipinski definition) is 5. The number of fused-ring (bicyclic) bond motifs is 1. The second kappa shape index (κ2) is 6.60. The fourth-order valence-electron chi connectivity index (χ4n) is 4.52. The van der Waals surface area contributed by atoms with Gasteiger partial charge in [0.15, 0.2) is 5.82 Å². The number of pyridine rings is 1. The summed E-state index contributed by atoms with van der Waals surface area (Å²) in [6, 6.07) is 12.3. The van der Waals surface area contributed by atoms with E-state index in [4.69, 9.17) is 9.72 Å². The smallest absolute Gasteiger partial charge is 0.227 e. The maximum absolute atomic E-state index is 6.23. The first-order valence-electron chi connectivity index (χ1n) is 9.89. The minimum absolute atomic E-state index is 0.00378. The molecule has 2 aromatic heterocycles. The van der Waals surface area contributed by atoms with Crippen LogP contribution >= 0.6 is 0 Å². The second-order valence-corrected chi connectivity index (χ2v) is 7.79. The highest BCUT2D eigenvalue weighted by molar-refractivity contribution is 5.80. The molecule has 0 unspecified atom stereocenters. The van der Waals surface area contributed by atoms with Crippen LogP contribution in [0.25, 0.3) is 22.4 Å². The Bertz CT molecular complexity index is 955. The van der Waals surface area contributed by atoms with Crippen LogP contribution in [0, 0.1) is 0 Å². The van der Waals surface area contributed by atoms with Crippen LogP contribution in [0.1, 0.15) is 32.1 Å². The average Bonchev–Trinajstić information content (AvgIpc) is 3.10. The molecule has 0 atom stereocenters. The molecule has 27 heavy (non-hydrogen) atoms. The predicted octanol–water partition coefficient (Wildman–Crippen LogP) is 3.57. The van der Waals surface area contributed by atoms with Crippen LogP contribution in [0.3, 0.4) is 0 Å². The van der Waals surface area contributed by atoms with Crippen LogP contribution < -0.4 is 4.90 Å². The molecule has 1 aliphatic carbocycles. The minimum Gasteiger partial charge on any atom is -0.371 e. The van der Waals surface area contributed by atoms with E-state index in [9.17, 15) is 0 Å². The molecule has 1 aromatic carbocycles. The van der Waals surface area contributed by atoms with E-state index in [1.807, 2.05) is 31.3 Å². The van der Waals surface area contributed by atoms with E-state index in [1.54, 1.807) is 0 Å². The summed E-state index contributed by atoms with van der Waals surface area (Å²) in [6.07, 6.45) is 6.16. The van der Waals surface area contributed by atoms with Gasteiger partial charge in [0, 0.05) is 25.5 Å². The molecule has 6 heteroatoms. The maximum atomic E-state index is 6.23. The molecule has 0 radical (unpaired) electrons. The van der Waals surface area contributed by atoms with Crippen LogP contribution in [-0.2, 0) is 11.8 Å². The first-order valence-corrected chi connectivity index (χ1v) is 9.89. The van der Waals surface area contributed by atoms with E-state index in [2.05, 4.69) is 31.8 Å². The number of hydrogen-bond donors (Lipinski definition) is 0. The molecule has 1 aliphatic heterocycles. The van der Waals surface area contributed by atoms with Crippen molar-refractivity contribution in [3.05, 3.63) is 36.4 Å². The van der Waals surface area contributed by atoms with Gasteiger partial charge in [0.25, 0.3) is 0 Å². The van der Waals surface area contributed by atoms with Crippen LogP contribution in [0.5, 0.6) is 0 Å². The normalized spacial score (nSPS) is 19.7. The van der Waals surface area contributed by atoms with Crippen molar-refractivity contribution in [1.29, 1.82) is 0 Å². The average molecular weight is 363 g/mol. The quantitative estimate of drug-likeness (QED) is 0.697. The zero-order valence-electron chi connectivity index (χ0n) is 15.8. The van der Waals surface area contributed by atoms with Crippen LogP contribution in [0.4, 0.5) is 5.95 Å². The number of para-hydroxylation sites is 1. The van der Waals surface area contributed by atoms with Gasteiger partial charge >= 0.3 is 0 Å². The minimum atomic E-state index is 0.00378. The highest BCUT2D eigenvalue weighted by atomic mass is 16.5. The lowest BCUT2D eigenvalue weighted by Gasteiger charge is -2.45. The lowest BCUT2D eigenvalue weighted by atomic mass is 9.83. The van der Waals surface area contributed by atoms with Crippen molar-refractivity contribution in [3.8, 4) is 11.5 Å². The van der Waals surface area contributed by atoms with Gasteiger partial charge in [0.1, 0.15) is 5.69 Å². The van der Waals surface area contributed by atoms with Crippen molar-refractivity contribution in [2.75, 3.05) is 24.6 Å². The number of rotatable bonds is 2. The van der Waals surface area contributed by atoms with Gasteiger partial charge in [-0.15, -0.1) is 10.2 Å². The third kappa shape index (κ3) is 2.98. The predicted molar refractivity (Wildman–Crippen MR) is 106 cm³/mol. The fourth-order valence-corrected chi connectivity index (χ4v) is 4.52. The molecule has 1 saturated carbocycles. The van der Waals surface area contributed by atoms with E-state index >= 15 is 0 Å². The number of anilines is 1. The zero-order chi connectivity index (χ0) is 18.3. The Morgan fingerprint density at radius 1 is 1.00 bits per heavy atom. The van der Waals surface area contributed by atoms with Gasteiger partial charge < -0.3 is 9.64 Å². The van der Waals surface area contributed by atoms with Gasteiger partial charge in [-0.25, -0.2) is 4.98 Å². The second-order valence-electron chi connectivity index (χ2n) is 7.79. The summed E-state index contributed by atoms with van der Waals surface area (Å²) < 4.78 is 8.29. The molecular formula is C21H25N5O. The molecular weight excluding hydrogens is 338 g/mol. The van der Waals surface area contributed by atoms with Gasteiger partial charge in [0.05, 0.1) is 17.7 Å². The third-order valence-electron chi connectivity index (χ3n) is 5.98. The highest BCUT2D eigenvalue weighted by Crippen LogP contribution is 2.35. The number of ether oxygens (including phenoxy) is 1. The number of morpholine rings is 1. The zero-order valence-corrected chi connectivity index (χ0v) is 15.8. The Morgan fingerprint density at radius 3 is 2.74 bits per heavy atom. The number of nitrogens with zero attached hydrogens (tertiary/aromatic N) is 5. The van der Waals surface area contributed by atoms with Crippen LogP contribution in [0.15, 0.2) is 36.4 Å². The Labute approximate surface area is 159 Å². The summed E-state index contributed by atoms with van der Waals surface area (Å²) in [4.78, 5) is 7.12. The lowest BCUT2D eigenvalue weighted by Crippen LogP contribution is -2.53. The summed E-state index contributed by atoms with van der Waals surface area (Å²) in [5, 5.41) is 10.1. The molecule has 5 rings (SSSR count). The highest BCUT2D eigenvalue weighted by Gasteiger charge is 2.39. The topological polar surface area (TPSA) is 56.1 Å². The van der Waals surface area contributed by atoms with Crippen LogP contribution in [0.2, 0.25) is 0 Å². The molecule has 1 saturated heterocycles. The van der Waals surface area contributed by atoms with Gasteiger partial charge in [-0.2, -0.15) is 0 Å². The summed E-state index contributed by atoms with van der Waals surface area (Å²) in [5.74, 6) is 1.72. The first kappa shape index (κ1) is 16.7. The van der Waals surface area contributed by atoms with Crippen molar-refractivity contribution in [3.63, 3.8) is 0 Å². The third-order valence-corrected chi connectivity index (χ3v) is 5.98. The SMILES string of the molecule is Cn1c(-c2ccc3ccccc3n2)nnc1N1CCOC2(CCCCC2)C1. The molecule has 2 aliphatic rings. The summed E-state index contributed by atoms with van der Waals surface area (Å²) in [5.41, 5.74) is 1.84. The van der Waals surface area contributed by atoms with Crippen molar-refractivity contribution >= 4 is 16.9 Å². The largest absolute Gasteiger partial charge is 0.371 e. The van der Waals surface area contributed by atoms with Crippen molar-refractivity contribution in [2.24, 2.45) is 7.05 Å². The number of aromatic nitrogens is 4. The Balaban J connectivity index is 1.45. The Hall–Kier alpha value is -2.47. The van der Waals surface area contributed by atoms with Crippen LogP contribution in [-0.4, -0.2) is 45.0 Å². The van der Waals surface area contributed by atoms with E-state index in [1.165, 1.54) is 19.3 Å². The van der Waals surface area contributed by atoms with Crippen molar-refractivity contribution in [2.45, 2.75) is 37.7 Å². The maximum Gasteiger partial charge on any atom is 0.227 e. The van der Waals surface area contributed by atoms with Gasteiger partial charge in [0.2, 0.25) is 5.95 Å². The fraction of sp³-hybridized carbons (Fsp3) is 0.476. The molecule has 1 spiro atoms. The molecule has 3 heterocycles. The standard InChI is InChI=1S/C21H25N5O/c1-25-19(18-10-9-16-7-3-4-8-17(16)22-18)23-24-20(25)26-13-14-27-21(15-26)11-5-2-6-12-21/h3-4,7-10H,2,5-6,11-15H2,1H3. The molecule has 2 fully saturated rings. The Kier molecular flexibility index (Phi) is 4.08. The number of benzene rings is 1. The van der Waals surface area contributed by atoms with Gasteiger partial charge in [-0.1, -0.05) is 43.5 Å². The molecule has 0 N–H and O–H groups in total. The van der Waals surface area contributed by atoms with Crippen molar-refractivity contribution < 1.29 is 4.74 Å². The summed E-state index contributed by atoms with van der Waals surface area (Å²) in [7, 11) is 2.03. The first-order chi connectivity index (χ1) is 13.2. The molecule has 140 valence electrons. The van der Waals surface area contributed by atoms with E-state index < -0.39 is 0 Å². The van der Waals surface area contributed by atoms with E-state index in [0.717, 1.165) is 60.9 Å². The monoisotopic (exact) mass is 363 g/mol. The molecule has 6 nitrogen and oxygen atoms in total. The molecule has 0 amide bonds. The van der Waals surface area contributed by atoms with E-state index in [0.29, 0.717) is 0 Å². The molecule has 0 bridgehead atoms. The summed E-state index contributed by atoms with van der Waals surface area (Å²) in [6.45, 7) is 2.53. The summed E-state index contributed by atoms with van der Waals surface area (Å²) >= 11 is 0. The molecule has 3 aromatic rings. The lowest BCUT2D eigenvalue weighted by molar-refractivity contribution is -0.0786. The Morgan fingerprint density at radius 2 is 1.85 bits per heavy atom. The van der Waals surface area contributed by atoms with Gasteiger partial charge in [-0.05, 0) is 25.0 Å². The van der Waals surface area contributed by atoms with E-state index in [-0.39, 0.29) is 5.60 Å². The van der Waals surface area contributed by atoms with Crippen molar-refractivity contribution in [1.82, 2.24) is 19.7 Å². The van der Waals surface area contributed by atoms with Gasteiger partial charge in [-0.3, -0.25) is 4.57 Å².